The molecule has 4 nitrogen and oxygen atoms in total. The molecule has 112 valence electrons. The van der Waals surface area contributed by atoms with E-state index >= 15 is 0 Å². The summed E-state index contributed by atoms with van der Waals surface area (Å²) in [6, 6.07) is 2.86. The Morgan fingerprint density at radius 2 is 1.90 bits per heavy atom. The second-order valence-corrected chi connectivity index (χ2v) is 7.13. The summed E-state index contributed by atoms with van der Waals surface area (Å²) in [5, 5.41) is 10.7. The van der Waals surface area contributed by atoms with E-state index < -0.39 is 5.60 Å². The van der Waals surface area contributed by atoms with Crippen LogP contribution in [0, 0.1) is 0 Å². The third-order valence-electron chi connectivity index (χ3n) is 3.34. The van der Waals surface area contributed by atoms with E-state index in [1.165, 1.54) is 5.69 Å². The molecule has 0 spiro atoms. The molecule has 5 heteroatoms. The van der Waals surface area contributed by atoms with Gasteiger partial charge < -0.3 is 15.4 Å². The number of thiophene rings is 1. The Labute approximate surface area is 124 Å². The summed E-state index contributed by atoms with van der Waals surface area (Å²) in [4.78, 5) is 11.7. The number of hydrogen-bond acceptors (Lipinski definition) is 4. The van der Waals surface area contributed by atoms with Crippen LogP contribution in [0.25, 0.3) is 0 Å². The monoisotopic (exact) mass is 296 g/mol. The van der Waals surface area contributed by atoms with Gasteiger partial charge in [-0.15, -0.1) is 0 Å². The number of carbonyl (C=O) groups excluding carboxylic acids is 1. The maximum Gasteiger partial charge on any atom is 0.407 e. The van der Waals surface area contributed by atoms with Crippen molar-refractivity contribution in [3.05, 3.63) is 16.8 Å². The van der Waals surface area contributed by atoms with Crippen molar-refractivity contribution in [3.8, 4) is 0 Å². The Kier molecular flexibility index (Phi) is 4.91. The van der Waals surface area contributed by atoms with Crippen molar-refractivity contribution in [2.24, 2.45) is 0 Å². The number of amides is 1. The molecule has 0 aromatic carbocycles. The summed E-state index contributed by atoms with van der Waals surface area (Å²) in [7, 11) is 0. The molecule has 1 amide bonds. The van der Waals surface area contributed by atoms with Crippen LogP contribution in [0.1, 0.15) is 46.5 Å². The van der Waals surface area contributed by atoms with E-state index in [1.807, 2.05) is 20.8 Å². The zero-order valence-corrected chi connectivity index (χ0v) is 13.3. The van der Waals surface area contributed by atoms with Crippen LogP contribution in [0.15, 0.2) is 16.8 Å². The molecule has 0 bridgehead atoms. The fourth-order valence-electron chi connectivity index (χ4n) is 2.44. The SMILES string of the molecule is CC(C)(C)OC(=O)NC1CCC(Nc2ccsc2)CC1. The summed E-state index contributed by atoms with van der Waals surface area (Å²) in [5.41, 5.74) is 0.778. The van der Waals surface area contributed by atoms with Gasteiger partial charge in [0.1, 0.15) is 5.60 Å². The first kappa shape index (κ1) is 15.2. The molecule has 20 heavy (non-hydrogen) atoms. The molecule has 0 unspecified atom stereocenters. The first-order chi connectivity index (χ1) is 9.42. The van der Waals surface area contributed by atoms with Gasteiger partial charge in [-0.3, -0.25) is 0 Å². The zero-order chi connectivity index (χ0) is 14.6. The minimum Gasteiger partial charge on any atom is -0.444 e. The van der Waals surface area contributed by atoms with Crippen LogP contribution in [0.5, 0.6) is 0 Å². The molecule has 0 radical (unpaired) electrons. The quantitative estimate of drug-likeness (QED) is 0.886. The highest BCUT2D eigenvalue weighted by molar-refractivity contribution is 7.08. The van der Waals surface area contributed by atoms with Crippen molar-refractivity contribution in [2.45, 2.75) is 64.1 Å². The molecule has 1 aliphatic rings. The van der Waals surface area contributed by atoms with Crippen LogP contribution in [0.2, 0.25) is 0 Å². The average molecular weight is 296 g/mol. The van der Waals surface area contributed by atoms with E-state index in [9.17, 15) is 4.79 Å². The number of anilines is 1. The fraction of sp³-hybridized carbons (Fsp3) is 0.667. The lowest BCUT2D eigenvalue weighted by Gasteiger charge is -2.30. The van der Waals surface area contributed by atoms with Crippen molar-refractivity contribution < 1.29 is 9.53 Å². The average Bonchev–Trinajstić information content (AvgIpc) is 2.82. The second-order valence-electron chi connectivity index (χ2n) is 6.35. The van der Waals surface area contributed by atoms with E-state index in [2.05, 4.69) is 27.5 Å². The number of nitrogens with one attached hydrogen (secondary N) is 2. The lowest BCUT2D eigenvalue weighted by molar-refractivity contribution is 0.0492. The normalized spacial score (nSPS) is 23.1. The Hall–Kier alpha value is -1.23. The van der Waals surface area contributed by atoms with Gasteiger partial charge in [0, 0.05) is 23.2 Å². The van der Waals surface area contributed by atoms with Gasteiger partial charge in [0.15, 0.2) is 0 Å². The number of carbonyl (C=O) groups is 1. The summed E-state index contributed by atoms with van der Waals surface area (Å²) in [5.74, 6) is 0. The summed E-state index contributed by atoms with van der Waals surface area (Å²) in [6.45, 7) is 5.65. The van der Waals surface area contributed by atoms with Crippen LogP contribution in [0.3, 0.4) is 0 Å². The first-order valence-corrected chi connectivity index (χ1v) is 8.15. The molecule has 1 aliphatic carbocycles. The first-order valence-electron chi connectivity index (χ1n) is 7.20. The van der Waals surface area contributed by atoms with Crippen LogP contribution in [-0.4, -0.2) is 23.8 Å². The van der Waals surface area contributed by atoms with E-state index in [1.54, 1.807) is 11.3 Å². The van der Waals surface area contributed by atoms with Gasteiger partial charge in [0.05, 0.1) is 0 Å². The highest BCUT2D eigenvalue weighted by Gasteiger charge is 2.24. The summed E-state index contributed by atoms with van der Waals surface area (Å²) >= 11 is 1.71. The van der Waals surface area contributed by atoms with Gasteiger partial charge in [-0.1, -0.05) is 0 Å². The van der Waals surface area contributed by atoms with Crippen LogP contribution >= 0.6 is 11.3 Å². The van der Waals surface area contributed by atoms with Crippen molar-refractivity contribution >= 4 is 23.1 Å². The van der Waals surface area contributed by atoms with E-state index in [4.69, 9.17) is 4.74 Å². The minimum atomic E-state index is -0.429. The Bertz CT molecular complexity index is 418. The Morgan fingerprint density at radius 3 is 2.45 bits per heavy atom. The van der Waals surface area contributed by atoms with E-state index in [0.717, 1.165) is 25.7 Å². The standard InChI is InChI=1S/C15H24N2O2S/c1-15(2,3)19-14(18)17-12-6-4-11(5-7-12)16-13-8-9-20-10-13/h8-12,16H,4-7H2,1-3H3,(H,17,18). The third kappa shape index (κ3) is 5.04. The molecule has 0 saturated heterocycles. The van der Waals surface area contributed by atoms with Gasteiger partial charge >= 0.3 is 6.09 Å². The predicted octanol–water partition coefficient (Wildman–Crippen LogP) is 4.00. The van der Waals surface area contributed by atoms with E-state index in [0.29, 0.717) is 6.04 Å². The molecular weight excluding hydrogens is 272 g/mol. The molecule has 0 atom stereocenters. The Morgan fingerprint density at radius 1 is 1.25 bits per heavy atom. The second kappa shape index (κ2) is 6.48. The predicted molar refractivity (Wildman–Crippen MR) is 83.4 cm³/mol. The molecular formula is C15H24N2O2S. The minimum absolute atomic E-state index is 0.241. The number of ether oxygens (including phenoxy) is 1. The Balaban J connectivity index is 1.70. The summed E-state index contributed by atoms with van der Waals surface area (Å²) in [6.07, 6.45) is 3.86. The zero-order valence-electron chi connectivity index (χ0n) is 12.4. The number of hydrogen-bond donors (Lipinski definition) is 2. The molecule has 1 fully saturated rings. The van der Waals surface area contributed by atoms with Crippen molar-refractivity contribution in [1.29, 1.82) is 0 Å². The van der Waals surface area contributed by atoms with Gasteiger partial charge in [-0.25, -0.2) is 4.79 Å². The largest absolute Gasteiger partial charge is 0.444 e. The third-order valence-corrected chi connectivity index (χ3v) is 4.02. The van der Waals surface area contributed by atoms with Gasteiger partial charge in [-0.2, -0.15) is 11.3 Å². The molecule has 2 rings (SSSR count). The number of rotatable bonds is 3. The van der Waals surface area contributed by atoms with Crippen LogP contribution in [0.4, 0.5) is 10.5 Å². The van der Waals surface area contributed by atoms with Crippen molar-refractivity contribution in [2.75, 3.05) is 5.32 Å². The van der Waals surface area contributed by atoms with Crippen LogP contribution < -0.4 is 10.6 Å². The maximum atomic E-state index is 11.7. The topological polar surface area (TPSA) is 50.4 Å². The summed E-state index contributed by atoms with van der Waals surface area (Å²) < 4.78 is 5.29. The van der Waals surface area contributed by atoms with E-state index in [-0.39, 0.29) is 12.1 Å². The highest BCUT2D eigenvalue weighted by atomic mass is 32.1. The molecule has 1 aromatic rings. The maximum absolute atomic E-state index is 11.7. The van der Waals surface area contributed by atoms with Gasteiger partial charge in [0.2, 0.25) is 0 Å². The fourth-order valence-corrected chi connectivity index (χ4v) is 3.04. The molecule has 1 heterocycles. The molecule has 0 aliphatic heterocycles. The molecule has 1 saturated carbocycles. The lowest BCUT2D eigenvalue weighted by Crippen LogP contribution is -2.42. The van der Waals surface area contributed by atoms with Crippen molar-refractivity contribution in [1.82, 2.24) is 5.32 Å². The van der Waals surface area contributed by atoms with Crippen LogP contribution in [-0.2, 0) is 4.74 Å². The van der Waals surface area contributed by atoms with Gasteiger partial charge in [0.25, 0.3) is 0 Å². The van der Waals surface area contributed by atoms with Gasteiger partial charge in [-0.05, 0) is 57.9 Å². The number of alkyl carbamates (subject to hydrolysis) is 1. The smallest absolute Gasteiger partial charge is 0.407 e. The molecule has 2 N–H and O–H groups in total. The lowest BCUT2D eigenvalue weighted by atomic mass is 9.91. The molecule has 1 aromatic heterocycles. The highest BCUT2D eigenvalue weighted by Crippen LogP contribution is 2.23. The van der Waals surface area contributed by atoms with Crippen molar-refractivity contribution in [3.63, 3.8) is 0 Å².